The summed E-state index contributed by atoms with van der Waals surface area (Å²) in [4.78, 5) is 27.7. The first-order valence-electron chi connectivity index (χ1n) is 12.0. The number of pyridine rings is 1. The molecule has 5 rings (SSSR count). The highest BCUT2D eigenvalue weighted by Gasteiger charge is 2.31. The van der Waals surface area contributed by atoms with Gasteiger partial charge in [0.1, 0.15) is 28.7 Å². The van der Waals surface area contributed by atoms with Crippen molar-refractivity contribution in [1.82, 2.24) is 24.3 Å². The Morgan fingerprint density at radius 1 is 1.11 bits per heavy atom. The van der Waals surface area contributed by atoms with Gasteiger partial charge in [0.25, 0.3) is 5.91 Å². The molecule has 1 aliphatic heterocycles. The number of nitrogens with zero attached hydrogens (tertiary/aromatic N) is 5. The largest absolute Gasteiger partial charge is 0.390 e. The van der Waals surface area contributed by atoms with Crippen molar-refractivity contribution in [3.8, 4) is 11.3 Å². The average molecular weight is 510 g/mol. The molecule has 1 unspecified atom stereocenters. The molecule has 0 bridgehead atoms. The Kier molecular flexibility index (Phi) is 6.79. The van der Waals surface area contributed by atoms with Gasteiger partial charge < -0.3 is 16.0 Å². The summed E-state index contributed by atoms with van der Waals surface area (Å²) in [6.07, 6.45) is 1.56. The van der Waals surface area contributed by atoms with E-state index in [1.54, 1.807) is 61.1 Å². The van der Waals surface area contributed by atoms with E-state index in [4.69, 9.17) is 10.7 Å². The minimum atomic E-state index is -4.18. The number of halogens is 3. The standard InChI is InChI=1S/C26H26F3N7O/c27-26(28,29)10-14-35-13-3-4-19(16-35)24-34-21(22-23(30)32-12-15-36(22)24)17-6-8-18(9-7-17)25(37)33-20-5-1-2-11-31-20/h1-2,5-9,11-12,15,19H,3-4,10,13-14,16H2,(H2,30,32)(H,31,33,37). The Hall–Kier alpha value is -3.99. The molecule has 4 heterocycles. The third-order valence-corrected chi connectivity index (χ3v) is 6.52. The fourth-order valence-electron chi connectivity index (χ4n) is 4.74. The normalized spacial score (nSPS) is 16.7. The molecule has 1 aromatic carbocycles. The summed E-state index contributed by atoms with van der Waals surface area (Å²) in [5.41, 5.74) is 8.70. The molecular formula is C26H26F3N7O. The van der Waals surface area contributed by atoms with Crippen LogP contribution in [-0.4, -0.2) is 56.0 Å². The highest BCUT2D eigenvalue weighted by molar-refractivity contribution is 6.04. The molecule has 8 nitrogen and oxygen atoms in total. The topological polar surface area (TPSA) is 101 Å². The van der Waals surface area contributed by atoms with E-state index >= 15 is 0 Å². The Bertz CT molecular complexity index is 1390. The number of likely N-dealkylation sites (tertiary alicyclic amines) is 1. The smallest absolute Gasteiger partial charge is 0.382 e. The molecule has 4 aromatic rings. The number of anilines is 2. The number of aromatic nitrogens is 4. The van der Waals surface area contributed by atoms with Crippen LogP contribution in [0.1, 0.15) is 41.4 Å². The Labute approximate surface area is 211 Å². The van der Waals surface area contributed by atoms with Crippen molar-refractivity contribution in [2.45, 2.75) is 31.4 Å². The lowest BCUT2D eigenvalue weighted by Gasteiger charge is -2.32. The van der Waals surface area contributed by atoms with Crippen molar-refractivity contribution in [2.24, 2.45) is 0 Å². The number of nitrogens with two attached hydrogens (primary N) is 1. The number of amides is 1. The lowest BCUT2D eigenvalue weighted by molar-refractivity contribution is -0.138. The third kappa shape index (κ3) is 5.56. The van der Waals surface area contributed by atoms with Crippen molar-refractivity contribution < 1.29 is 18.0 Å². The molecule has 0 saturated carbocycles. The molecular weight excluding hydrogens is 483 g/mol. The van der Waals surface area contributed by atoms with Crippen LogP contribution in [0.2, 0.25) is 0 Å². The maximum absolute atomic E-state index is 12.8. The number of fused-ring (bicyclic) bond motifs is 1. The zero-order chi connectivity index (χ0) is 26.0. The fraction of sp³-hybridized carbons (Fsp3) is 0.308. The van der Waals surface area contributed by atoms with E-state index in [2.05, 4.69) is 15.3 Å². The Morgan fingerprint density at radius 2 is 1.92 bits per heavy atom. The Morgan fingerprint density at radius 3 is 2.65 bits per heavy atom. The van der Waals surface area contributed by atoms with Gasteiger partial charge in [0.15, 0.2) is 0 Å². The zero-order valence-corrected chi connectivity index (χ0v) is 19.9. The second-order valence-corrected chi connectivity index (χ2v) is 9.10. The predicted octanol–water partition coefficient (Wildman–Crippen LogP) is 4.76. The maximum atomic E-state index is 12.8. The van der Waals surface area contributed by atoms with Crippen LogP contribution in [0.15, 0.2) is 61.1 Å². The van der Waals surface area contributed by atoms with Gasteiger partial charge >= 0.3 is 6.18 Å². The summed E-state index contributed by atoms with van der Waals surface area (Å²) in [7, 11) is 0. The lowest BCUT2D eigenvalue weighted by atomic mass is 9.97. The van der Waals surface area contributed by atoms with Crippen molar-refractivity contribution in [1.29, 1.82) is 0 Å². The number of nitrogens with one attached hydrogen (secondary N) is 1. The van der Waals surface area contributed by atoms with Gasteiger partial charge in [0.05, 0.1) is 6.42 Å². The van der Waals surface area contributed by atoms with E-state index in [0.29, 0.717) is 41.5 Å². The SMILES string of the molecule is Nc1nccn2c(C3CCCN(CCC(F)(F)F)C3)nc(-c3ccc(C(=O)Nc4ccccn4)cc3)c12. The summed E-state index contributed by atoms with van der Waals surface area (Å²) in [6.45, 7) is 1.10. The van der Waals surface area contributed by atoms with Crippen LogP contribution in [0.3, 0.4) is 0 Å². The summed E-state index contributed by atoms with van der Waals surface area (Å²) in [5.74, 6) is 1.17. The van der Waals surface area contributed by atoms with Gasteiger partial charge in [0.2, 0.25) is 0 Å². The van der Waals surface area contributed by atoms with E-state index in [9.17, 15) is 18.0 Å². The van der Waals surface area contributed by atoms with Crippen LogP contribution in [0.25, 0.3) is 16.8 Å². The summed E-state index contributed by atoms with van der Waals surface area (Å²) in [5, 5.41) is 2.75. The van der Waals surface area contributed by atoms with Gasteiger partial charge in [-0.1, -0.05) is 18.2 Å². The lowest BCUT2D eigenvalue weighted by Crippen LogP contribution is -2.37. The first-order valence-corrected chi connectivity index (χ1v) is 12.0. The van der Waals surface area contributed by atoms with Gasteiger partial charge in [-0.2, -0.15) is 13.2 Å². The molecule has 0 spiro atoms. The highest BCUT2D eigenvalue weighted by Crippen LogP contribution is 2.34. The zero-order valence-electron chi connectivity index (χ0n) is 19.9. The van der Waals surface area contributed by atoms with Crippen LogP contribution in [0, 0.1) is 0 Å². The van der Waals surface area contributed by atoms with E-state index < -0.39 is 12.6 Å². The number of imidazole rings is 1. The van der Waals surface area contributed by atoms with Gasteiger partial charge in [-0.25, -0.2) is 15.0 Å². The molecule has 11 heteroatoms. The minimum absolute atomic E-state index is 0.0259. The molecule has 1 aliphatic rings. The Balaban J connectivity index is 1.41. The number of rotatable bonds is 6. The van der Waals surface area contributed by atoms with Gasteiger partial charge in [-0.3, -0.25) is 9.20 Å². The van der Waals surface area contributed by atoms with Gasteiger partial charge in [-0.05, 0) is 43.7 Å². The number of hydrogen-bond acceptors (Lipinski definition) is 6. The number of carbonyl (C=O) groups excluding carboxylic acids is 1. The summed E-state index contributed by atoms with van der Waals surface area (Å²) in [6, 6.07) is 12.2. The molecule has 0 aliphatic carbocycles. The number of carbonyl (C=O) groups is 1. The summed E-state index contributed by atoms with van der Waals surface area (Å²) >= 11 is 0. The number of hydrogen-bond donors (Lipinski definition) is 2. The van der Waals surface area contributed by atoms with E-state index in [0.717, 1.165) is 24.2 Å². The number of alkyl halides is 3. The molecule has 0 radical (unpaired) electrons. The quantitative estimate of drug-likeness (QED) is 0.389. The van der Waals surface area contributed by atoms with Crippen LogP contribution in [0.5, 0.6) is 0 Å². The predicted molar refractivity (Wildman–Crippen MR) is 134 cm³/mol. The van der Waals surface area contributed by atoms with Crippen LogP contribution in [-0.2, 0) is 0 Å². The fourth-order valence-corrected chi connectivity index (χ4v) is 4.74. The first-order chi connectivity index (χ1) is 17.8. The van der Waals surface area contributed by atoms with Crippen molar-refractivity contribution >= 4 is 23.1 Å². The molecule has 3 N–H and O–H groups in total. The minimum Gasteiger partial charge on any atom is -0.382 e. The monoisotopic (exact) mass is 509 g/mol. The summed E-state index contributed by atoms with van der Waals surface area (Å²) < 4.78 is 40.2. The molecule has 1 amide bonds. The van der Waals surface area contributed by atoms with Crippen LogP contribution < -0.4 is 11.1 Å². The number of nitrogen functional groups attached to an aromatic ring is 1. The number of piperidine rings is 1. The van der Waals surface area contributed by atoms with E-state index in [1.165, 1.54) is 0 Å². The maximum Gasteiger partial charge on any atom is 0.390 e. The highest BCUT2D eigenvalue weighted by atomic mass is 19.4. The van der Waals surface area contributed by atoms with Crippen LogP contribution in [0.4, 0.5) is 24.8 Å². The van der Waals surface area contributed by atoms with E-state index in [1.807, 2.05) is 9.30 Å². The molecule has 3 aromatic heterocycles. The second-order valence-electron chi connectivity index (χ2n) is 9.10. The van der Waals surface area contributed by atoms with Gasteiger partial charge in [-0.15, -0.1) is 0 Å². The first kappa shape index (κ1) is 24.7. The number of benzene rings is 1. The van der Waals surface area contributed by atoms with Gasteiger partial charge in [0, 0.05) is 48.7 Å². The third-order valence-electron chi connectivity index (χ3n) is 6.52. The average Bonchev–Trinajstić information content (AvgIpc) is 3.29. The van der Waals surface area contributed by atoms with Crippen molar-refractivity contribution in [2.75, 3.05) is 30.7 Å². The molecule has 1 saturated heterocycles. The second kappa shape index (κ2) is 10.2. The van der Waals surface area contributed by atoms with E-state index in [-0.39, 0.29) is 18.4 Å². The van der Waals surface area contributed by atoms with Crippen molar-refractivity contribution in [3.05, 3.63) is 72.4 Å². The van der Waals surface area contributed by atoms with Crippen molar-refractivity contribution in [3.63, 3.8) is 0 Å². The molecule has 1 fully saturated rings. The molecule has 1 atom stereocenters. The van der Waals surface area contributed by atoms with Crippen LogP contribution >= 0.6 is 0 Å². The molecule has 192 valence electrons. The molecule has 37 heavy (non-hydrogen) atoms.